The van der Waals surface area contributed by atoms with E-state index in [9.17, 15) is 0 Å². The molecular formula is C23H29N5O. The van der Waals surface area contributed by atoms with Crippen molar-refractivity contribution in [1.29, 1.82) is 0 Å². The van der Waals surface area contributed by atoms with Crippen molar-refractivity contribution in [2.24, 2.45) is 4.99 Å². The van der Waals surface area contributed by atoms with Gasteiger partial charge in [0, 0.05) is 39.1 Å². The molecule has 0 bridgehead atoms. The summed E-state index contributed by atoms with van der Waals surface area (Å²) < 4.78 is 7.37. The Morgan fingerprint density at radius 3 is 2.38 bits per heavy atom. The molecule has 2 aromatic carbocycles. The molecule has 1 heterocycles. The second-order valence-corrected chi connectivity index (χ2v) is 6.71. The Bertz CT molecular complexity index is 888. The highest BCUT2D eigenvalue weighted by Gasteiger charge is 2.05. The zero-order valence-electron chi connectivity index (χ0n) is 17.1. The van der Waals surface area contributed by atoms with Crippen LogP contribution in [0, 0.1) is 0 Å². The molecule has 3 aromatic rings. The van der Waals surface area contributed by atoms with Crippen LogP contribution in [-0.2, 0) is 31.0 Å². The minimum Gasteiger partial charge on any atom is -0.377 e. The summed E-state index contributed by atoms with van der Waals surface area (Å²) in [7, 11) is 1.79. The zero-order valence-corrected chi connectivity index (χ0v) is 17.1. The van der Waals surface area contributed by atoms with Crippen LogP contribution in [0.5, 0.6) is 0 Å². The van der Waals surface area contributed by atoms with Gasteiger partial charge in [-0.15, -0.1) is 0 Å². The average Bonchev–Trinajstić information content (AvgIpc) is 3.27. The maximum Gasteiger partial charge on any atom is 0.191 e. The second-order valence-electron chi connectivity index (χ2n) is 6.71. The van der Waals surface area contributed by atoms with E-state index in [4.69, 9.17) is 4.74 Å². The summed E-state index contributed by atoms with van der Waals surface area (Å²) in [6.07, 6.45) is 3.78. The van der Waals surface area contributed by atoms with E-state index in [0.717, 1.165) is 19.1 Å². The van der Waals surface area contributed by atoms with Crippen molar-refractivity contribution in [2.75, 3.05) is 13.7 Å². The average molecular weight is 392 g/mol. The summed E-state index contributed by atoms with van der Waals surface area (Å²) in [5.74, 6) is 0.775. The highest BCUT2D eigenvalue weighted by Crippen LogP contribution is 2.10. The van der Waals surface area contributed by atoms with Crippen LogP contribution < -0.4 is 10.6 Å². The summed E-state index contributed by atoms with van der Waals surface area (Å²) in [4.78, 5) is 4.34. The topological polar surface area (TPSA) is 63.5 Å². The van der Waals surface area contributed by atoms with Crippen molar-refractivity contribution in [2.45, 2.75) is 33.2 Å². The Labute approximate surface area is 172 Å². The lowest BCUT2D eigenvalue weighted by molar-refractivity contribution is 0.134. The van der Waals surface area contributed by atoms with Crippen LogP contribution in [0.2, 0.25) is 0 Å². The molecule has 1 aromatic heterocycles. The largest absolute Gasteiger partial charge is 0.377 e. The van der Waals surface area contributed by atoms with Crippen molar-refractivity contribution in [3.8, 4) is 0 Å². The number of aromatic nitrogens is 2. The summed E-state index contributed by atoms with van der Waals surface area (Å²) >= 11 is 0. The third-order valence-corrected chi connectivity index (χ3v) is 4.64. The summed E-state index contributed by atoms with van der Waals surface area (Å²) in [5.41, 5.74) is 4.86. The number of nitrogens with zero attached hydrogens (tertiary/aromatic N) is 3. The van der Waals surface area contributed by atoms with Gasteiger partial charge in [-0.2, -0.15) is 5.10 Å². The number of hydrogen-bond acceptors (Lipinski definition) is 3. The fourth-order valence-electron chi connectivity index (χ4n) is 3.01. The number of nitrogens with one attached hydrogen (secondary N) is 2. The molecule has 6 nitrogen and oxygen atoms in total. The maximum absolute atomic E-state index is 5.44. The fourth-order valence-corrected chi connectivity index (χ4v) is 3.01. The van der Waals surface area contributed by atoms with Crippen LogP contribution >= 0.6 is 0 Å². The molecule has 3 rings (SSSR count). The molecule has 0 amide bonds. The van der Waals surface area contributed by atoms with Crippen LogP contribution in [0.3, 0.4) is 0 Å². The third-order valence-electron chi connectivity index (χ3n) is 4.64. The molecular weight excluding hydrogens is 362 g/mol. The molecule has 0 fully saturated rings. The summed E-state index contributed by atoms with van der Waals surface area (Å²) in [6, 6.07) is 18.8. The molecule has 29 heavy (non-hydrogen) atoms. The molecule has 0 aliphatic carbocycles. The van der Waals surface area contributed by atoms with E-state index in [1.807, 2.05) is 23.9 Å². The number of ether oxygens (including phenoxy) is 1. The zero-order chi connectivity index (χ0) is 20.3. The summed E-state index contributed by atoms with van der Waals surface area (Å²) in [5, 5.41) is 11.1. The number of hydrogen-bond donors (Lipinski definition) is 2. The van der Waals surface area contributed by atoms with Gasteiger partial charge in [0.05, 0.1) is 13.2 Å². The molecule has 0 unspecified atom stereocenters. The molecule has 0 radical (unpaired) electrons. The lowest BCUT2D eigenvalue weighted by atomic mass is 10.1. The van der Waals surface area contributed by atoms with Gasteiger partial charge in [-0.1, -0.05) is 48.5 Å². The monoisotopic (exact) mass is 391 g/mol. The number of guanidine groups is 1. The number of aliphatic imine (C=N–C) groups is 1. The van der Waals surface area contributed by atoms with Gasteiger partial charge < -0.3 is 15.4 Å². The fraction of sp³-hybridized carbons (Fsp3) is 0.304. The van der Waals surface area contributed by atoms with E-state index in [1.165, 1.54) is 22.3 Å². The van der Waals surface area contributed by atoms with Crippen LogP contribution in [-0.4, -0.2) is 29.4 Å². The lowest BCUT2D eigenvalue weighted by Crippen LogP contribution is -2.36. The molecule has 0 spiro atoms. The Kier molecular flexibility index (Phi) is 7.83. The lowest BCUT2D eigenvalue weighted by Gasteiger charge is -2.14. The quantitative estimate of drug-likeness (QED) is 0.434. The molecule has 152 valence electrons. The van der Waals surface area contributed by atoms with E-state index < -0.39 is 0 Å². The Balaban J connectivity index is 1.52. The van der Waals surface area contributed by atoms with E-state index in [1.54, 1.807) is 13.2 Å². The first-order valence-corrected chi connectivity index (χ1v) is 9.92. The van der Waals surface area contributed by atoms with Crippen molar-refractivity contribution in [3.63, 3.8) is 0 Å². The van der Waals surface area contributed by atoms with Gasteiger partial charge in [-0.05, 0) is 35.2 Å². The number of rotatable bonds is 9. The third kappa shape index (κ3) is 6.47. The summed E-state index contributed by atoms with van der Waals surface area (Å²) in [6.45, 7) is 5.56. The highest BCUT2D eigenvalue weighted by atomic mass is 16.5. The molecule has 0 saturated heterocycles. The molecule has 2 N–H and O–H groups in total. The molecule has 0 saturated carbocycles. The Morgan fingerprint density at radius 2 is 1.69 bits per heavy atom. The van der Waals surface area contributed by atoms with E-state index in [-0.39, 0.29) is 0 Å². The minimum atomic E-state index is 0.658. The molecule has 0 aliphatic rings. The minimum absolute atomic E-state index is 0.658. The van der Waals surface area contributed by atoms with Gasteiger partial charge in [0.15, 0.2) is 5.96 Å². The highest BCUT2D eigenvalue weighted by molar-refractivity contribution is 5.79. The van der Waals surface area contributed by atoms with Crippen LogP contribution in [0.25, 0.3) is 0 Å². The first kappa shape index (κ1) is 20.6. The van der Waals surface area contributed by atoms with Gasteiger partial charge in [-0.25, -0.2) is 0 Å². The van der Waals surface area contributed by atoms with Gasteiger partial charge in [0.2, 0.25) is 0 Å². The number of benzene rings is 2. The van der Waals surface area contributed by atoms with E-state index in [2.05, 4.69) is 69.3 Å². The second kappa shape index (κ2) is 11.0. The van der Waals surface area contributed by atoms with Crippen molar-refractivity contribution < 1.29 is 4.74 Å². The first-order chi connectivity index (χ1) is 14.3. The van der Waals surface area contributed by atoms with E-state index in [0.29, 0.717) is 19.7 Å². The van der Waals surface area contributed by atoms with Crippen molar-refractivity contribution >= 4 is 5.96 Å². The van der Waals surface area contributed by atoms with Gasteiger partial charge in [-0.3, -0.25) is 9.67 Å². The normalized spacial score (nSPS) is 11.4. The standard InChI is InChI=1S/C23H29N5O/c1-3-29-18-20-11-9-19(10-12-20)15-25-23(24-2)26-16-21-7-4-5-8-22(21)17-28-14-6-13-27-28/h4-14H,3,15-18H2,1-2H3,(H2,24,25,26). The SMILES string of the molecule is CCOCc1ccc(CNC(=NC)NCc2ccccc2Cn2cccn2)cc1. The molecule has 6 heteroatoms. The molecule has 0 atom stereocenters. The Hall–Kier alpha value is -3.12. The first-order valence-electron chi connectivity index (χ1n) is 9.92. The van der Waals surface area contributed by atoms with Crippen LogP contribution in [0.4, 0.5) is 0 Å². The Morgan fingerprint density at radius 1 is 0.966 bits per heavy atom. The van der Waals surface area contributed by atoms with E-state index >= 15 is 0 Å². The predicted octanol–water partition coefficient (Wildman–Crippen LogP) is 3.33. The van der Waals surface area contributed by atoms with Gasteiger partial charge in [0.25, 0.3) is 0 Å². The maximum atomic E-state index is 5.44. The van der Waals surface area contributed by atoms with Crippen LogP contribution in [0.15, 0.2) is 72.0 Å². The van der Waals surface area contributed by atoms with Gasteiger partial charge >= 0.3 is 0 Å². The smallest absolute Gasteiger partial charge is 0.191 e. The molecule has 0 aliphatic heterocycles. The van der Waals surface area contributed by atoms with Gasteiger partial charge in [0.1, 0.15) is 0 Å². The van der Waals surface area contributed by atoms with Crippen molar-refractivity contribution in [3.05, 3.63) is 89.2 Å². The van der Waals surface area contributed by atoms with Crippen LogP contribution in [0.1, 0.15) is 29.2 Å². The van der Waals surface area contributed by atoms with Crippen molar-refractivity contribution in [1.82, 2.24) is 20.4 Å². The predicted molar refractivity (Wildman–Crippen MR) is 117 cm³/mol.